The van der Waals surface area contributed by atoms with Gasteiger partial charge in [0.25, 0.3) is 0 Å². The average molecular weight is 352 g/mol. The van der Waals surface area contributed by atoms with E-state index in [4.69, 9.17) is 5.73 Å². The molecule has 1 aromatic carbocycles. The van der Waals surface area contributed by atoms with E-state index in [0.717, 1.165) is 13.1 Å². The van der Waals surface area contributed by atoms with Gasteiger partial charge in [0.15, 0.2) is 0 Å². The summed E-state index contributed by atoms with van der Waals surface area (Å²) in [6, 6.07) is 9.94. The first-order valence-electron chi connectivity index (χ1n) is 7.92. The highest BCUT2D eigenvalue weighted by molar-refractivity contribution is 9.10. The van der Waals surface area contributed by atoms with Crippen molar-refractivity contribution < 1.29 is 0 Å². The van der Waals surface area contributed by atoms with E-state index in [1.165, 1.54) is 35.7 Å². The van der Waals surface area contributed by atoms with Crippen molar-refractivity contribution in [2.45, 2.75) is 49.9 Å². The third-order valence-electron chi connectivity index (χ3n) is 5.77. The van der Waals surface area contributed by atoms with Crippen LogP contribution in [0.3, 0.4) is 0 Å². The molecule has 3 nitrogen and oxygen atoms in total. The molecule has 116 valence electrons. The molecular weight excluding hydrogens is 326 g/mol. The molecule has 0 saturated carbocycles. The highest BCUT2D eigenvalue weighted by atomic mass is 79.9. The second-order valence-electron chi connectivity index (χ2n) is 6.83. The molecule has 2 N–H and O–H groups in total. The van der Waals surface area contributed by atoms with E-state index in [-0.39, 0.29) is 5.54 Å². The van der Waals surface area contributed by atoms with E-state index >= 15 is 0 Å². The standard InChI is InChI=1S/C17H26BrN3/c1-20(11-13-5-3-4-6-16(13)18)17(12-19)9-14-7-8-15(10-17)21(14)2/h3-6,14-15H,7-12,19H2,1-2H3. The van der Waals surface area contributed by atoms with Crippen LogP contribution in [0.2, 0.25) is 0 Å². The number of hydrogen-bond donors (Lipinski definition) is 1. The van der Waals surface area contributed by atoms with Gasteiger partial charge in [0.05, 0.1) is 0 Å². The number of piperidine rings is 1. The van der Waals surface area contributed by atoms with Crippen LogP contribution in [0.5, 0.6) is 0 Å². The Bertz CT molecular complexity index is 491. The summed E-state index contributed by atoms with van der Waals surface area (Å²) in [6.07, 6.45) is 5.09. The minimum Gasteiger partial charge on any atom is -0.329 e. The van der Waals surface area contributed by atoms with E-state index in [0.29, 0.717) is 12.1 Å². The molecule has 2 aliphatic rings. The van der Waals surface area contributed by atoms with Crippen LogP contribution in [0, 0.1) is 0 Å². The molecule has 2 atom stereocenters. The minimum atomic E-state index is 0.160. The van der Waals surface area contributed by atoms with Crippen LogP contribution in [0.1, 0.15) is 31.2 Å². The molecule has 2 fully saturated rings. The second kappa shape index (κ2) is 5.99. The van der Waals surface area contributed by atoms with Crippen molar-refractivity contribution >= 4 is 15.9 Å². The summed E-state index contributed by atoms with van der Waals surface area (Å²) in [5.74, 6) is 0. The van der Waals surface area contributed by atoms with Gasteiger partial charge in [0.2, 0.25) is 0 Å². The molecule has 0 radical (unpaired) electrons. The quantitative estimate of drug-likeness (QED) is 0.905. The number of hydrogen-bond acceptors (Lipinski definition) is 3. The molecule has 2 unspecified atom stereocenters. The maximum absolute atomic E-state index is 6.26. The smallest absolute Gasteiger partial charge is 0.0361 e. The topological polar surface area (TPSA) is 32.5 Å². The van der Waals surface area contributed by atoms with Gasteiger partial charge in [-0.2, -0.15) is 0 Å². The van der Waals surface area contributed by atoms with E-state index in [1.54, 1.807) is 0 Å². The maximum Gasteiger partial charge on any atom is 0.0361 e. The number of nitrogens with zero attached hydrogens (tertiary/aromatic N) is 2. The zero-order valence-electron chi connectivity index (χ0n) is 13.1. The third kappa shape index (κ3) is 2.79. The first kappa shape index (κ1) is 15.5. The molecule has 0 amide bonds. The lowest BCUT2D eigenvalue weighted by Crippen LogP contribution is -2.60. The Morgan fingerprint density at radius 2 is 1.90 bits per heavy atom. The Hall–Kier alpha value is -0.420. The van der Waals surface area contributed by atoms with Crippen molar-refractivity contribution in [1.29, 1.82) is 0 Å². The fraction of sp³-hybridized carbons (Fsp3) is 0.647. The predicted octanol–water partition coefficient (Wildman–Crippen LogP) is 2.84. The number of benzene rings is 1. The van der Waals surface area contributed by atoms with Gasteiger partial charge in [-0.3, -0.25) is 4.90 Å². The molecule has 2 bridgehead atoms. The summed E-state index contributed by atoms with van der Waals surface area (Å²) in [5, 5.41) is 0. The summed E-state index contributed by atoms with van der Waals surface area (Å²) < 4.78 is 1.19. The molecule has 1 aromatic rings. The highest BCUT2D eigenvalue weighted by Crippen LogP contribution is 2.42. The predicted molar refractivity (Wildman–Crippen MR) is 91.2 cm³/mol. The van der Waals surface area contributed by atoms with Crippen LogP contribution in [-0.4, -0.2) is 48.1 Å². The van der Waals surface area contributed by atoms with Gasteiger partial charge in [-0.25, -0.2) is 0 Å². The minimum absolute atomic E-state index is 0.160. The lowest BCUT2D eigenvalue weighted by atomic mass is 9.81. The van der Waals surface area contributed by atoms with Crippen LogP contribution in [0.4, 0.5) is 0 Å². The summed E-state index contributed by atoms with van der Waals surface area (Å²) in [4.78, 5) is 5.09. The molecule has 2 heterocycles. The Balaban J connectivity index is 1.79. The number of nitrogens with two attached hydrogens (primary N) is 1. The van der Waals surface area contributed by atoms with Gasteiger partial charge in [-0.15, -0.1) is 0 Å². The molecular formula is C17H26BrN3. The van der Waals surface area contributed by atoms with Crippen LogP contribution in [0.15, 0.2) is 28.7 Å². The first-order valence-corrected chi connectivity index (χ1v) is 8.72. The zero-order chi connectivity index (χ0) is 15.0. The van der Waals surface area contributed by atoms with Crippen molar-refractivity contribution in [2.24, 2.45) is 5.73 Å². The molecule has 0 aliphatic carbocycles. The molecule has 3 rings (SSSR count). The molecule has 4 heteroatoms. The van der Waals surface area contributed by atoms with Crippen LogP contribution >= 0.6 is 15.9 Å². The van der Waals surface area contributed by atoms with Gasteiger partial charge in [-0.05, 0) is 51.4 Å². The number of likely N-dealkylation sites (N-methyl/N-ethyl adjacent to an activating group) is 1. The highest BCUT2D eigenvalue weighted by Gasteiger charge is 2.48. The Kier molecular flexibility index (Phi) is 4.42. The third-order valence-corrected chi connectivity index (χ3v) is 6.54. The van der Waals surface area contributed by atoms with Crippen molar-refractivity contribution in [1.82, 2.24) is 9.80 Å². The first-order chi connectivity index (χ1) is 10.1. The van der Waals surface area contributed by atoms with E-state index in [1.807, 2.05) is 0 Å². The van der Waals surface area contributed by atoms with Crippen LogP contribution < -0.4 is 5.73 Å². The average Bonchev–Trinajstić information content (AvgIpc) is 2.72. The van der Waals surface area contributed by atoms with Gasteiger partial charge in [0.1, 0.15) is 0 Å². The van der Waals surface area contributed by atoms with Crippen molar-refractivity contribution in [3.8, 4) is 0 Å². The molecule has 0 spiro atoms. The fourth-order valence-electron chi connectivity index (χ4n) is 4.23. The Labute approximate surface area is 136 Å². The number of rotatable bonds is 4. The molecule has 2 saturated heterocycles. The van der Waals surface area contributed by atoms with Crippen molar-refractivity contribution in [3.63, 3.8) is 0 Å². The number of fused-ring (bicyclic) bond motifs is 2. The fourth-order valence-corrected chi connectivity index (χ4v) is 4.64. The summed E-state index contributed by atoms with van der Waals surface area (Å²) in [7, 11) is 4.54. The van der Waals surface area contributed by atoms with Gasteiger partial charge >= 0.3 is 0 Å². The molecule has 0 aromatic heterocycles. The van der Waals surface area contributed by atoms with Crippen LogP contribution in [-0.2, 0) is 6.54 Å². The molecule has 2 aliphatic heterocycles. The largest absolute Gasteiger partial charge is 0.329 e. The second-order valence-corrected chi connectivity index (χ2v) is 7.69. The van der Waals surface area contributed by atoms with Gasteiger partial charge in [0, 0.05) is 35.2 Å². The maximum atomic E-state index is 6.26. The van der Waals surface area contributed by atoms with Gasteiger partial charge < -0.3 is 10.6 Å². The lowest BCUT2D eigenvalue weighted by molar-refractivity contribution is 0.0117. The summed E-state index contributed by atoms with van der Waals surface area (Å²) in [5.41, 5.74) is 7.76. The normalized spacial score (nSPS) is 32.8. The van der Waals surface area contributed by atoms with Crippen molar-refractivity contribution in [3.05, 3.63) is 34.3 Å². The summed E-state index contributed by atoms with van der Waals surface area (Å²) >= 11 is 3.67. The number of halogens is 1. The summed E-state index contributed by atoms with van der Waals surface area (Å²) in [6.45, 7) is 1.72. The lowest BCUT2D eigenvalue weighted by Gasteiger charge is -2.50. The monoisotopic (exact) mass is 351 g/mol. The SMILES string of the molecule is CN1C2CCC1CC(CN)(N(C)Cc1ccccc1Br)C2. The Morgan fingerprint density at radius 1 is 1.29 bits per heavy atom. The van der Waals surface area contributed by atoms with E-state index in [2.05, 4.69) is 64.1 Å². The molecule has 21 heavy (non-hydrogen) atoms. The van der Waals surface area contributed by atoms with E-state index in [9.17, 15) is 0 Å². The Morgan fingerprint density at radius 3 is 2.48 bits per heavy atom. The zero-order valence-corrected chi connectivity index (χ0v) is 14.6. The van der Waals surface area contributed by atoms with E-state index < -0.39 is 0 Å². The van der Waals surface area contributed by atoms with Gasteiger partial charge in [-0.1, -0.05) is 34.1 Å². The van der Waals surface area contributed by atoms with Crippen LogP contribution in [0.25, 0.3) is 0 Å². The van der Waals surface area contributed by atoms with Crippen molar-refractivity contribution in [2.75, 3.05) is 20.6 Å².